The number of hydrazine groups is 1. The quantitative estimate of drug-likeness (QED) is 0.636. The third kappa shape index (κ3) is 3.54. The first kappa shape index (κ1) is 16.0. The molecule has 3 N–H and O–H groups in total. The smallest absolute Gasteiger partial charge is 0.333 e. The van der Waals surface area contributed by atoms with Gasteiger partial charge in [-0.25, -0.2) is 15.2 Å². The zero-order valence-electron chi connectivity index (χ0n) is 13.2. The summed E-state index contributed by atoms with van der Waals surface area (Å²) < 4.78 is 6.34. The highest BCUT2D eigenvalue weighted by Gasteiger charge is 2.14. The zero-order valence-corrected chi connectivity index (χ0v) is 14.0. The molecule has 2 aromatic heterocycles. The standard InChI is InChI=1S/C16H16N4O3S/c1-9-7-11(10(2)23-9)15(21)19-20-16(22)17-8-14-18-12-5-3-4-6-13(12)24-14/h3-7H,8H2,1-2H3,(H,19,21)(H2,17,20,22). The number of hydrogen-bond acceptors (Lipinski definition) is 5. The van der Waals surface area contributed by atoms with Crippen LogP contribution in [-0.2, 0) is 6.54 Å². The molecule has 0 radical (unpaired) electrons. The van der Waals surface area contributed by atoms with E-state index in [9.17, 15) is 9.59 Å². The molecule has 24 heavy (non-hydrogen) atoms. The molecule has 124 valence electrons. The van der Waals surface area contributed by atoms with Gasteiger partial charge in [-0.15, -0.1) is 11.3 Å². The maximum absolute atomic E-state index is 12.0. The number of furan rings is 1. The van der Waals surface area contributed by atoms with E-state index in [1.807, 2.05) is 24.3 Å². The van der Waals surface area contributed by atoms with E-state index in [-0.39, 0.29) is 6.54 Å². The topological polar surface area (TPSA) is 96.3 Å². The number of hydrogen-bond donors (Lipinski definition) is 3. The minimum Gasteiger partial charge on any atom is -0.466 e. The second-order valence-corrected chi connectivity index (χ2v) is 6.28. The number of urea groups is 1. The Hall–Kier alpha value is -2.87. The molecule has 8 heteroatoms. The molecule has 0 atom stereocenters. The van der Waals surface area contributed by atoms with Crippen LogP contribution < -0.4 is 16.2 Å². The van der Waals surface area contributed by atoms with Crippen molar-refractivity contribution < 1.29 is 14.0 Å². The largest absolute Gasteiger partial charge is 0.466 e. The van der Waals surface area contributed by atoms with Crippen LogP contribution in [0.4, 0.5) is 4.79 Å². The summed E-state index contributed by atoms with van der Waals surface area (Å²) in [5.41, 5.74) is 5.93. The fourth-order valence-corrected chi connectivity index (χ4v) is 3.14. The Bertz CT molecular complexity index is 867. The predicted octanol–water partition coefficient (Wildman–Crippen LogP) is 2.65. The van der Waals surface area contributed by atoms with E-state index in [0.29, 0.717) is 17.1 Å². The van der Waals surface area contributed by atoms with Crippen molar-refractivity contribution >= 4 is 33.5 Å². The summed E-state index contributed by atoms with van der Waals surface area (Å²) >= 11 is 1.51. The van der Waals surface area contributed by atoms with Crippen LogP contribution in [0, 0.1) is 13.8 Å². The van der Waals surface area contributed by atoms with Crippen molar-refractivity contribution in [2.45, 2.75) is 20.4 Å². The van der Waals surface area contributed by atoms with Crippen LogP contribution in [0.15, 0.2) is 34.7 Å². The molecule has 0 unspecified atom stereocenters. The molecule has 3 rings (SSSR count). The van der Waals surface area contributed by atoms with Crippen LogP contribution in [-0.4, -0.2) is 16.9 Å². The van der Waals surface area contributed by atoms with E-state index in [0.717, 1.165) is 15.2 Å². The second kappa shape index (κ2) is 6.71. The number of aryl methyl sites for hydroxylation is 2. The molecule has 0 spiro atoms. The van der Waals surface area contributed by atoms with E-state index >= 15 is 0 Å². The first-order valence-electron chi connectivity index (χ1n) is 7.28. The van der Waals surface area contributed by atoms with Crippen LogP contribution >= 0.6 is 11.3 Å². The first-order chi connectivity index (χ1) is 11.5. The van der Waals surface area contributed by atoms with Crippen molar-refractivity contribution in [3.63, 3.8) is 0 Å². The molecule has 1 aromatic carbocycles. The van der Waals surface area contributed by atoms with Crippen LogP contribution in [0.3, 0.4) is 0 Å². The van der Waals surface area contributed by atoms with Gasteiger partial charge >= 0.3 is 6.03 Å². The molecular formula is C16H16N4O3S. The lowest BCUT2D eigenvalue weighted by molar-refractivity contribution is 0.0934. The summed E-state index contributed by atoms with van der Waals surface area (Å²) in [5.74, 6) is 0.708. The van der Waals surface area contributed by atoms with E-state index < -0.39 is 11.9 Å². The highest BCUT2D eigenvalue weighted by molar-refractivity contribution is 7.18. The average molecular weight is 344 g/mol. The normalized spacial score (nSPS) is 10.6. The summed E-state index contributed by atoms with van der Waals surface area (Å²) in [6, 6.07) is 8.86. The molecule has 7 nitrogen and oxygen atoms in total. The maximum Gasteiger partial charge on any atom is 0.333 e. The molecule has 0 saturated heterocycles. The number of carbonyl (C=O) groups is 2. The van der Waals surface area contributed by atoms with Crippen LogP contribution in [0.25, 0.3) is 10.2 Å². The van der Waals surface area contributed by atoms with Gasteiger partial charge < -0.3 is 9.73 Å². The van der Waals surface area contributed by atoms with Crippen molar-refractivity contribution in [1.82, 2.24) is 21.2 Å². The molecule has 3 amide bonds. The number of fused-ring (bicyclic) bond motifs is 1. The van der Waals surface area contributed by atoms with Crippen molar-refractivity contribution in [1.29, 1.82) is 0 Å². The van der Waals surface area contributed by atoms with E-state index in [1.54, 1.807) is 19.9 Å². The Morgan fingerprint density at radius 2 is 2.00 bits per heavy atom. The Morgan fingerprint density at radius 1 is 1.21 bits per heavy atom. The van der Waals surface area contributed by atoms with Gasteiger partial charge in [-0.2, -0.15) is 0 Å². The van der Waals surface area contributed by atoms with Crippen molar-refractivity contribution in [2.24, 2.45) is 0 Å². The van der Waals surface area contributed by atoms with Crippen LogP contribution in [0.1, 0.15) is 26.9 Å². The van der Waals surface area contributed by atoms with Crippen molar-refractivity contribution in [3.05, 3.63) is 52.4 Å². The lowest BCUT2D eigenvalue weighted by atomic mass is 10.2. The monoisotopic (exact) mass is 344 g/mol. The van der Waals surface area contributed by atoms with Gasteiger partial charge in [-0.3, -0.25) is 10.2 Å². The van der Waals surface area contributed by atoms with E-state index in [1.165, 1.54) is 11.3 Å². The molecular weight excluding hydrogens is 328 g/mol. The number of nitrogens with zero attached hydrogens (tertiary/aromatic N) is 1. The molecule has 0 aliphatic heterocycles. The minimum atomic E-state index is -0.513. The van der Waals surface area contributed by atoms with Crippen molar-refractivity contribution in [3.8, 4) is 0 Å². The summed E-state index contributed by atoms with van der Waals surface area (Å²) in [6.07, 6.45) is 0. The molecule has 0 aliphatic rings. The van der Waals surface area contributed by atoms with Gasteiger partial charge in [0.15, 0.2) is 0 Å². The number of benzene rings is 1. The maximum atomic E-state index is 12.0. The number of aromatic nitrogens is 1. The Kier molecular flexibility index (Phi) is 4.48. The number of para-hydroxylation sites is 1. The number of thiazole rings is 1. The van der Waals surface area contributed by atoms with Gasteiger partial charge in [-0.1, -0.05) is 12.1 Å². The van der Waals surface area contributed by atoms with Crippen LogP contribution in [0.2, 0.25) is 0 Å². The van der Waals surface area contributed by atoms with Crippen LogP contribution in [0.5, 0.6) is 0 Å². The Balaban J connectivity index is 1.50. The van der Waals surface area contributed by atoms with Gasteiger partial charge in [0.25, 0.3) is 5.91 Å². The summed E-state index contributed by atoms with van der Waals surface area (Å²) in [6.45, 7) is 3.72. The summed E-state index contributed by atoms with van der Waals surface area (Å²) in [4.78, 5) is 28.1. The lowest BCUT2D eigenvalue weighted by Crippen LogP contribution is -2.46. The first-order valence-corrected chi connectivity index (χ1v) is 8.10. The SMILES string of the molecule is Cc1cc(C(=O)NNC(=O)NCc2nc3ccccc3s2)c(C)o1. The summed E-state index contributed by atoms with van der Waals surface area (Å²) in [7, 11) is 0. The Morgan fingerprint density at radius 3 is 2.71 bits per heavy atom. The molecule has 0 bridgehead atoms. The number of amides is 3. The van der Waals surface area contributed by atoms with E-state index in [2.05, 4.69) is 21.2 Å². The van der Waals surface area contributed by atoms with E-state index in [4.69, 9.17) is 4.42 Å². The van der Waals surface area contributed by atoms with Gasteiger partial charge in [0.1, 0.15) is 16.5 Å². The predicted molar refractivity (Wildman–Crippen MR) is 90.6 cm³/mol. The third-order valence-corrected chi connectivity index (χ3v) is 4.35. The van der Waals surface area contributed by atoms with Gasteiger partial charge in [0, 0.05) is 0 Å². The molecule has 0 fully saturated rings. The van der Waals surface area contributed by atoms with Crippen molar-refractivity contribution in [2.75, 3.05) is 0 Å². The number of carbonyl (C=O) groups excluding carboxylic acids is 2. The highest BCUT2D eigenvalue weighted by atomic mass is 32.1. The zero-order chi connectivity index (χ0) is 17.1. The van der Waals surface area contributed by atoms with Gasteiger partial charge in [0.05, 0.1) is 22.3 Å². The molecule has 3 aromatic rings. The molecule has 0 aliphatic carbocycles. The van der Waals surface area contributed by atoms with Gasteiger partial charge in [0.2, 0.25) is 0 Å². The highest BCUT2D eigenvalue weighted by Crippen LogP contribution is 2.21. The minimum absolute atomic E-state index is 0.283. The number of nitrogens with one attached hydrogen (secondary N) is 3. The van der Waals surface area contributed by atoms with Gasteiger partial charge in [-0.05, 0) is 32.0 Å². The fourth-order valence-electron chi connectivity index (χ4n) is 2.23. The fraction of sp³-hybridized carbons (Fsp3) is 0.188. The summed E-state index contributed by atoms with van der Waals surface area (Å²) in [5, 5.41) is 3.44. The second-order valence-electron chi connectivity index (χ2n) is 5.16. The third-order valence-electron chi connectivity index (χ3n) is 3.31. The lowest BCUT2D eigenvalue weighted by Gasteiger charge is -2.07. The molecule has 2 heterocycles. The average Bonchev–Trinajstić information content (AvgIpc) is 3.12. The number of rotatable bonds is 3. The Labute approximate surface area is 142 Å². The molecule has 0 saturated carbocycles.